The van der Waals surface area contributed by atoms with E-state index >= 15 is 0 Å². The Kier molecular flexibility index (Phi) is 4.42. The van der Waals surface area contributed by atoms with E-state index in [1.165, 1.54) is 25.7 Å². The van der Waals surface area contributed by atoms with Gasteiger partial charge in [0.1, 0.15) is 5.76 Å². The maximum atomic E-state index is 11.8. The van der Waals surface area contributed by atoms with Crippen LogP contribution < -0.4 is 11.1 Å². The summed E-state index contributed by atoms with van der Waals surface area (Å²) < 4.78 is 5.31. The zero-order chi connectivity index (χ0) is 13.0. The van der Waals surface area contributed by atoms with E-state index in [9.17, 15) is 4.79 Å². The Labute approximate surface area is 108 Å². The van der Waals surface area contributed by atoms with Crippen molar-refractivity contribution in [2.45, 2.75) is 39.2 Å². The largest absolute Gasteiger partial charge is 0.455 e. The molecule has 1 aliphatic carbocycles. The van der Waals surface area contributed by atoms with Crippen molar-refractivity contribution in [2.75, 3.05) is 6.54 Å². The van der Waals surface area contributed by atoms with Crippen molar-refractivity contribution >= 4 is 5.91 Å². The van der Waals surface area contributed by atoms with Crippen molar-refractivity contribution in [1.82, 2.24) is 5.32 Å². The molecular formula is C14H22N2O2. The number of furan rings is 1. The molecule has 0 radical (unpaired) electrons. The standard InChI is InChI=1S/C14H22N2O2/c1-10-2-4-11(5-3-10)9-16-14(17)13-7-6-12(8-15)18-13/h6-7,10-11H,2-5,8-9,15H2,1H3,(H,16,17). The SMILES string of the molecule is CC1CCC(CNC(=O)c2ccc(CN)o2)CC1. The van der Waals surface area contributed by atoms with E-state index in [1.807, 2.05) is 0 Å². The topological polar surface area (TPSA) is 68.3 Å². The van der Waals surface area contributed by atoms with E-state index in [0.717, 1.165) is 12.5 Å². The molecule has 1 aromatic rings. The average molecular weight is 250 g/mol. The Balaban J connectivity index is 1.77. The molecule has 1 heterocycles. The maximum absolute atomic E-state index is 11.8. The molecule has 4 nitrogen and oxygen atoms in total. The molecule has 0 saturated heterocycles. The Morgan fingerprint density at radius 1 is 1.39 bits per heavy atom. The Hall–Kier alpha value is -1.29. The van der Waals surface area contributed by atoms with E-state index in [1.54, 1.807) is 12.1 Å². The highest BCUT2D eigenvalue weighted by molar-refractivity contribution is 5.91. The molecule has 0 aliphatic heterocycles. The molecule has 1 aliphatic rings. The summed E-state index contributed by atoms with van der Waals surface area (Å²) in [5.41, 5.74) is 5.44. The predicted octanol–water partition coefficient (Wildman–Crippen LogP) is 2.29. The van der Waals surface area contributed by atoms with Gasteiger partial charge in [-0.1, -0.05) is 19.8 Å². The van der Waals surface area contributed by atoms with Crippen LogP contribution in [0.3, 0.4) is 0 Å². The smallest absolute Gasteiger partial charge is 0.287 e. The van der Waals surface area contributed by atoms with E-state index < -0.39 is 0 Å². The summed E-state index contributed by atoms with van der Waals surface area (Å²) in [5.74, 6) is 2.34. The van der Waals surface area contributed by atoms with Gasteiger partial charge in [-0.15, -0.1) is 0 Å². The minimum atomic E-state index is -0.131. The second-order valence-corrected chi connectivity index (χ2v) is 5.31. The van der Waals surface area contributed by atoms with Gasteiger partial charge in [0.15, 0.2) is 5.76 Å². The van der Waals surface area contributed by atoms with Gasteiger partial charge in [0.2, 0.25) is 0 Å². The molecule has 0 aromatic carbocycles. The summed E-state index contributed by atoms with van der Waals surface area (Å²) in [6.45, 7) is 3.38. The normalized spacial score (nSPS) is 23.9. The summed E-state index contributed by atoms with van der Waals surface area (Å²) in [6.07, 6.45) is 4.98. The van der Waals surface area contributed by atoms with Crippen LogP contribution in [0.5, 0.6) is 0 Å². The second-order valence-electron chi connectivity index (χ2n) is 5.31. The Morgan fingerprint density at radius 2 is 2.11 bits per heavy atom. The summed E-state index contributed by atoms with van der Waals surface area (Å²) >= 11 is 0. The van der Waals surface area contributed by atoms with Crippen LogP contribution in [0.25, 0.3) is 0 Å². The first-order valence-electron chi connectivity index (χ1n) is 6.76. The van der Waals surface area contributed by atoms with Gasteiger partial charge in [-0.3, -0.25) is 4.79 Å². The molecule has 0 bridgehead atoms. The van der Waals surface area contributed by atoms with Crippen molar-refractivity contribution in [1.29, 1.82) is 0 Å². The first kappa shape index (κ1) is 13.1. The van der Waals surface area contributed by atoms with Crippen molar-refractivity contribution in [3.8, 4) is 0 Å². The number of carbonyl (C=O) groups is 1. The summed E-state index contributed by atoms with van der Waals surface area (Å²) in [6, 6.07) is 3.43. The fourth-order valence-electron chi connectivity index (χ4n) is 2.47. The molecule has 100 valence electrons. The quantitative estimate of drug-likeness (QED) is 0.861. The van der Waals surface area contributed by atoms with Crippen LogP contribution in [-0.4, -0.2) is 12.5 Å². The molecule has 1 fully saturated rings. The van der Waals surface area contributed by atoms with Gasteiger partial charge in [0, 0.05) is 6.54 Å². The third-order valence-electron chi connectivity index (χ3n) is 3.77. The van der Waals surface area contributed by atoms with Gasteiger partial charge in [0.05, 0.1) is 6.54 Å². The van der Waals surface area contributed by atoms with Crippen molar-refractivity contribution in [2.24, 2.45) is 17.6 Å². The Morgan fingerprint density at radius 3 is 2.72 bits per heavy atom. The molecule has 0 spiro atoms. The zero-order valence-corrected chi connectivity index (χ0v) is 10.9. The molecule has 0 atom stereocenters. The lowest BCUT2D eigenvalue weighted by atomic mass is 9.83. The number of amides is 1. The summed E-state index contributed by atoms with van der Waals surface area (Å²) in [4.78, 5) is 11.8. The van der Waals surface area contributed by atoms with Crippen LogP contribution in [0.4, 0.5) is 0 Å². The summed E-state index contributed by atoms with van der Waals surface area (Å²) in [5, 5.41) is 2.95. The van der Waals surface area contributed by atoms with E-state index in [4.69, 9.17) is 10.2 Å². The zero-order valence-electron chi connectivity index (χ0n) is 10.9. The third-order valence-corrected chi connectivity index (χ3v) is 3.77. The first-order valence-corrected chi connectivity index (χ1v) is 6.76. The maximum Gasteiger partial charge on any atom is 0.287 e. The fraction of sp³-hybridized carbons (Fsp3) is 0.643. The van der Waals surface area contributed by atoms with Gasteiger partial charge in [-0.25, -0.2) is 0 Å². The van der Waals surface area contributed by atoms with Crippen LogP contribution in [0.2, 0.25) is 0 Å². The lowest BCUT2D eigenvalue weighted by molar-refractivity contribution is 0.0912. The lowest BCUT2D eigenvalue weighted by Gasteiger charge is -2.26. The van der Waals surface area contributed by atoms with E-state index in [-0.39, 0.29) is 5.91 Å². The third kappa shape index (κ3) is 3.35. The minimum absolute atomic E-state index is 0.131. The molecule has 1 saturated carbocycles. The number of hydrogen-bond acceptors (Lipinski definition) is 3. The second kappa shape index (κ2) is 6.05. The van der Waals surface area contributed by atoms with Gasteiger partial charge in [0.25, 0.3) is 5.91 Å². The predicted molar refractivity (Wildman–Crippen MR) is 70.1 cm³/mol. The molecule has 1 amide bonds. The summed E-state index contributed by atoms with van der Waals surface area (Å²) in [7, 11) is 0. The molecule has 2 rings (SSSR count). The number of rotatable bonds is 4. The number of carbonyl (C=O) groups excluding carboxylic acids is 1. The monoisotopic (exact) mass is 250 g/mol. The van der Waals surface area contributed by atoms with E-state index in [0.29, 0.717) is 24.0 Å². The molecular weight excluding hydrogens is 228 g/mol. The first-order chi connectivity index (χ1) is 8.69. The van der Waals surface area contributed by atoms with Gasteiger partial charge in [-0.2, -0.15) is 0 Å². The average Bonchev–Trinajstić information content (AvgIpc) is 2.86. The highest BCUT2D eigenvalue weighted by Gasteiger charge is 2.19. The highest BCUT2D eigenvalue weighted by atomic mass is 16.4. The Bertz CT molecular complexity index is 392. The number of nitrogens with two attached hydrogens (primary N) is 1. The minimum Gasteiger partial charge on any atom is -0.455 e. The molecule has 4 heteroatoms. The number of nitrogens with one attached hydrogen (secondary N) is 1. The molecule has 0 unspecified atom stereocenters. The van der Waals surface area contributed by atoms with Crippen molar-refractivity contribution in [3.63, 3.8) is 0 Å². The van der Waals surface area contributed by atoms with Gasteiger partial charge >= 0.3 is 0 Å². The molecule has 18 heavy (non-hydrogen) atoms. The van der Waals surface area contributed by atoms with Crippen LogP contribution in [0.15, 0.2) is 16.5 Å². The molecule has 3 N–H and O–H groups in total. The van der Waals surface area contributed by atoms with Crippen LogP contribution >= 0.6 is 0 Å². The van der Waals surface area contributed by atoms with Crippen molar-refractivity contribution in [3.05, 3.63) is 23.7 Å². The number of hydrogen-bond donors (Lipinski definition) is 2. The fourth-order valence-corrected chi connectivity index (χ4v) is 2.47. The van der Waals surface area contributed by atoms with Gasteiger partial charge < -0.3 is 15.5 Å². The van der Waals surface area contributed by atoms with Crippen molar-refractivity contribution < 1.29 is 9.21 Å². The van der Waals surface area contributed by atoms with Crippen LogP contribution in [0, 0.1) is 11.8 Å². The molecule has 1 aromatic heterocycles. The van der Waals surface area contributed by atoms with Gasteiger partial charge in [-0.05, 0) is 36.8 Å². The van der Waals surface area contributed by atoms with E-state index in [2.05, 4.69) is 12.2 Å². The highest BCUT2D eigenvalue weighted by Crippen LogP contribution is 2.27. The van der Waals surface area contributed by atoms with Crippen LogP contribution in [0.1, 0.15) is 48.9 Å². The lowest BCUT2D eigenvalue weighted by Crippen LogP contribution is -2.30. The van der Waals surface area contributed by atoms with Crippen LogP contribution in [-0.2, 0) is 6.54 Å².